The number of aromatic amines is 1. The van der Waals surface area contributed by atoms with Crippen LogP contribution in [0.2, 0.25) is 0 Å². The molecule has 1 aromatic heterocycles. The van der Waals surface area contributed by atoms with E-state index in [9.17, 15) is 14.0 Å². The second kappa shape index (κ2) is 10.1. The predicted octanol–water partition coefficient (Wildman–Crippen LogP) is 3.57. The molecule has 0 bridgehead atoms. The third kappa shape index (κ3) is 5.62. The Morgan fingerprint density at radius 1 is 1.24 bits per heavy atom. The minimum atomic E-state index is -0.524. The number of rotatable bonds is 6. The van der Waals surface area contributed by atoms with Crippen LogP contribution in [0.3, 0.4) is 0 Å². The van der Waals surface area contributed by atoms with Gasteiger partial charge in [-0.3, -0.25) is 4.79 Å². The summed E-state index contributed by atoms with van der Waals surface area (Å²) in [5.74, 6) is 0.668. The van der Waals surface area contributed by atoms with E-state index in [0.717, 1.165) is 24.6 Å². The number of anilines is 1. The number of halogens is 1. The van der Waals surface area contributed by atoms with Crippen molar-refractivity contribution in [2.75, 3.05) is 18.4 Å². The maximum absolute atomic E-state index is 13.1. The zero-order valence-corrected chi connectivity index (χ0v) is 17.9. The second-order valence-corrected chi connectivity index (χ2v) is 7.83. The van der Waals surface area contributed by atoms with Crippen LogP contribution in [0.5, 0.6) is 5.75 Å². The van der Waals surface area contributed by atoms with Crippen LogP contribution in [0.1, 0.15) is 29.8 Å². The van der Waals surface area contributed by atoms with Gasteiger partial charge in [0, 0.05) is 31.8 Å². The van der Waals surface area contributed by atoms with E-state index < -0.39 is 17.5 Å². The number of H-pyrrole nitrogens is 1. The summed E-state index contributed by atoms with van der Waals surface area (Å²) in [7, 11) is 0. The minimum absolute atomic E-state index is 0.137. The summed E-state index contributed by atoms with van der Waals surface area (Å²) in [5.41, 5.74) is 0.747. The fraction of sp³-hybridized carbons (Fsp3) is 0.250. The first-order valence-corrected chi connectivity index (χ1v) is 10.7. The number of ether oxygens (including phenoxy) is 1. The normalized spacial score (nSPS) is 15.7. The first-order chi connectivity index (χ1) is 16.0. The van der Waals surface area contributed by atoms with E-state index in [1.807, 2.05) is 30.3 Å². The fourth-order valence-corrected chi connectivity index (χ4v) is 3.77. The van der Waals surface area contributed by atoms with Gasteiger partial charge in [-0.15, -0.1) is 0 Å². The number of nitrogens with one attached hydrogen (secondary N) is 3. The van der Waals surface area contributed by atoms with Gasteiger partial charge in [0.05, 0.1) is 5.56 Å². The molecule has 33 heavy (non-hydrogen) atoms. The van der Waals surface area contributed by atoms with E-state index in [4.69, 9.17) is 10.1 Å². The molecule has 0 aliphatic carbocycles. The number of nitrogens with zero attached hydrogens (tertiary/aromatic N) is 2. The molecule has 1 aliphatic rings. The van der Waals surface area contributed by atoms with Crippen molar-refractivity contribution in [2.24, 2.45) is 0 Å². The highest BCUT2D eigenvalue weighted by Crippen LogP contribution is 2.19. The molecule has 1 atom stereocenters. The molecule has 1 amide bonds. The zero-order valence-electron chi connectivity index (χ0n) is 17.9. The fourth-order valence-electron chi connectivity index (χ4n) is 3.77. The highest BCUT2D eigenvalue weighted by atomic mass is 19.1. The molecule has 4 rings (SSSR count). The molecule has 2 aromatic carbocycles. The Balaban J connectivity index is 1.47. The van der Waals surface area contributed by atoms with E-state index in [1.165, 1.54) is 24.3 Å². The Morgan fingerprint density at radius 2 is 2.00 bits per heavy atom. The molecule has 1 unspecified atom stereocenters. The summed E-state index contributed by atoms with van der Waals surface area (Å²) in [4.78, 5) is 33.9. The molecule has 3 N–H and O–H groups in total. The van der Waals surface area contributed by atoms with Crippen LogP contribution in [-0.2, 0) is 6.42 Å². The van der Waals surface area contributed by atoms with Gasteiger partial charge in [-0.05, 0) is 42.7 Å². The molecule has 0 spiro atoms. The van der Waals surface area contributed by atoms with Gasteiger partial charge in [0.1, 0.15) is 23.2 Å². The van der Waals surface area contributed by atoms with Gasteiger partial charge in [0.2, 0.25) is 0 Å². The van der Waals surface area contributed by atoms with Gasteiger partial charge in [0.25, 0.3) is 5.56 Å². The summed E-state index contributed by atoms with van der Waals surface area (Å²) < 4.78 is 18.4. The Bertz CT molecular complexity index is 1180. The minimum Gasteiger partial charge on any atom is -0.410 e. The summed E-state index contributed by atoms with van der Waals surface area (Å²) in [6.07, 6.45) is 2.40. The summed E-state index contributed by atoms with van der Waals surface area (Å²) in [6.45, 7) is 0.873. The Hall–Kier alpha value is -4.01. The second-order valence-electron chi connectivity index (χ2n) is 7.83. The lowest BCUT2D eigenvalue weighted by atomic mass is 10.1. The molecule has 9 heteroatoms. The Labute approximate surface area is 189 Å². The largest absolute Gasteiger partial charge is 0.415 e. The molecule has 1 saturated heterocycles. The lowest BCUT2D eigenvalue weighted by Gasteiger charge is -2.32. The van der Waals surface area contributed by atoms with Gasteiger partial charge in [-0.1, -0.05) is 30.3 Å². The van der Waals surface area contributed by atoms with Crippen molar-refractivity contribution in [3.63, 3.8) is 0 Å². The van der Waals surface area contributed by atoms with Crippen LogP contribution >= 0.6 is 0 Å². The third-order valence-corrected chi connectivity index (χ3v) is 5.40. The monoisotopic (exact) mass is 449 g/mol. The summed E-state index contributed by atoms with van der Waals surface area (Å²) in [6, 6.07) is 14.7. The number of amides is 1. The van der Waals surface area contributed by atoms with Crippen molar-refractivity contribution in [2.45, 2.75) is 25.3 Å². The number of piperidine rings is 1. The van der Waals surface area contributed by atoms with Crippen LogP contribution in [0.15, 0.2) is 59.4 Å². The van der Waals surface area contributed by atoms with E-state index in [0.29, 0.717) is 31.2 Å². The number of carbonyl (C=O) groups excluding carboxylic acids is 1. The summed E-state index contributed by atoms with van der Waals surface area (Å²) >= 11 is 0. The predicted molar refractivity (Wildman–Crippen MR) is 123 cm³/mol. The van der Waals surface area contributed by atoms with Gasteiger partial charge in [0.15, 0.2) is 0 Å². The van der Waals surface area contributed by atoms with Crippen molar-refractivity contribution in [1.29, 1.82) is 5.41 Å². The highest BCUT2D eigenvalue weighted by Gasteiger charge is 2.26. The maximum Gasteiger partial charge on any atom is 0.415 e. The quantitative estimate of drug-likeness (QED) is 0.498. The average Bonchev–Trinajstić information content (AvgIpc) is 2.81. The van der Waals surface area contributed by atoms with Crippen molar-refractivity contribution in [3.05, 3.63) is 87.7 Å². The molecule has 0 radical (unpaired) electrons. The maximum atomic E-state index is 13.1. The molecular formula is C24H24FN5O3. The van der Waals surface area contributed by atoms with Gasteiger partial charge in [-0.25, -0.2) is 14.2 Å². The van der Waals surface area contributed by atoms with Crippen molar-refractivity contribution < 1.29 is 13.9 Å². The zero-order chi connectivity index (χ0) is 23.2. The SMILES string of the molecule is N=Cc1c(NC2CCCN(C(=O)Oc3ccc(F)cc3)C2)nc(Cc2ccccc2)[nH]c1=O. The molecule has 8 nitrogen and oxygen atoms in total. The summed E-state index contributed by atoms with van der Waals surface area (Å²) in [5, 5.41) is 10.9. The van der Waals surface area contributed by atoms with E-state index in [-0.39, 0.29) is 17.4 Å². The first-order valence-electron chi connectivity index (χ1n) is 10.7. The van der Waals surface area contributed by atoms with Crippen molar-refractivity contribution >= 4 is 18.1 Å². The lowest BCUT2D eigenvalue weighted by molar-refractivity contribution is 0.139. The molecule has 1 aliphatic heterocycles. The van der Waals surface area contributed by atoms with E-state index in [2.05, 4.69) is 15.3 Å². The van der Waals surface area contributed by atoms with Gasteiger partial charge >= 0.3 is 6.09 Å². The number of hydrogen-bond donors (Lipinski definition) is 3. The molecular weight excluding hydrogens is 425 g/mol. The van der Waals surface area contributed by atoms with Crippen LogP contribution < -0.4 is 15.6 Å². The number of aromatic nitrogens is 2. The van der Waals surface area contributed by atoms with Crippen molar-refractivity contribution in [3.8, 4) is 5.75 Å². The lowest BCUT2D eigenvalue weighted by Crippen LogP contribution is -2.46. The molecule has 0 saturated carbocycles. The molecule has 3 aromatic rings. The number of carbonyl (C=O) groups is 1. The van der Waals surface area contributed by atoms with Crippen LogP contribution in [-0.4, -0.2) is 46.3 Å². The third-order valence-electron chi connectivity index (χ3n) is 5.40. The average molecular weight is 449 g/mol. The number of hydrogen-bond acceptors (Lipinski definition) is 6. The Kier molecular flexibility index (Phi) is 6.77. The number of likely N-dealkylation sites (tertiary alicyclic amines) is 1. The van der Waals surface area contributed by atoms with Gasteiger partial charge in [-0.2, -0.15) is 0 Å². The molecule has 2 heterocycles. The van der Waals surface area contributed by atoms with Gasteiger partial charge < -0.3 is 25.3 Å². The van der Waals surface area contributed by atoms with Crippen LogP contribution in [0.4, 0.5) is 15.0 Å². The Morgan fingerprint density at radius 3 is 2.73 bits per heavy atom. The van der Waals surface area contributed by atoms with Crippen LogP contribution in [0.25, 0.3) is 0 Å². The van der Waals surface area contributed by atoms with Crippen molar-refractivity contribution in [1.82, 2.24) is 14.9 Å². The molecule has 170 valence electrons. The van der Waals surface area contributed by atoms with E-state index >= 15 is 0 Å². The highest BCUT2D eigenvalue weighted by molar-refractivity contribution is 5.83. The first kappa shape index (κ1) is 22.2. The topological polar surface area (TPSA) is 111 Å². The molecule has 1 fully saturated rings. The smallest absolute Gasteiger partial charge is 0.410 e. The number of benzene rings is 2. The van der Waals surface area contributed by atoms with Crippen LogP contribution in [0, 0.1) is 11.2 Å². The standard InChI is InChI=1S/C24H24FN5O3/c25-17-8-10-19(11-9-17)33-24(32)30-12-4-7-18(15-30)27-22-20(14-26)23(31)29-21(28-22)13-16-5-2-1-3-6-16/h1-3,5-6,8-11,14,18,26H,4,7,12-13,15H2,(H2,27,28,29,31). The van der Waals surface area contributed by atoms with E-state index in [1.54, 1.807) is 4.90 Å².